The summed E-state index contributed by atoms with van der Waals surface area (Å²) in [6.07, 6.45) is 0.844. The highest BCUT2D eigenvalue weighted by molar-refractivity contribution is 6.30. The van der Waals surface area contributed by atoms with Gasteiger partial charge in [-0.25, -0.2) is 4.79 Å². The number of carbonyl (C=O) groups excluding carboxylic acids is 2. The number of fused-ring (bicyclic) bond motifs is 3. The van der Waals surface area contributed by atoms with Crippen LogP contribution in [0.2, 0.25) is 5.02 Å². The van der Waals surface area contributed by atoms with Crippen molar-refractivity contribution in [3.05, 3.63) is 34.3 Å². The molecule has 6 heteroatoms. The molecule has 3 amide bonds. The van der Waals surface area contributed by atoms with Gasteiger partial charge in [-0.2, -0.15) is 0 Å². The van der Waals surface area contributed by atoms with Crippen molar-refractivity contribution in [2.75, 3.05) is 33.7 Å². The first-order chi connectivity index (χ1) is 9.97. The van der Waals surface area contributed by atoms with Gasteiger partial charge in [-0.15, -0.1) is 0 Å². The van der Waals surface area contributed by atoms with Crippen LogP contribution in [0.5, 0.6) is 0 Å². The maximum atomic E-state index is 12.3. The Labute approximate surface area is 129 Å². The van der Waals surface area contributed by atoms with Gasteiger partial charge in [-0.05, 0) is 29.7 Å². The number of hydrogen-bond acceptors (Lipinski definition) is 2. The van der Waals surface area contributed by atoms with E-state index in [2.05, 4.69) is 0 Å². The predicted molar refractivity (Wildman–Crippen MR) is 80.3 cm³/mol. The van der Waals surface area contributed by atoms with Crippen LogP contribution in [-0.2, 0) is 11.2 Å². The van der Waals surface area contributed by atoms with Crippen molar-refractivity contribution in [3.63, 3.8) is 0 Å². The molecule has 1 aromatic rings. The predicted octanol–water partition coefficient (Wildman–Crippen LogP) is 1.76. The molecule has 0 spiro atoms. The average Bonchev–Trinajstić information content (AvgIpc) is 2.46. The number of nitrogens with zero attached hydrogens (tertiary/aromatic N) is 3. The minimum Gasteiger partial charge on any atom is -0.332 e. The van der Waals surface area contributed by atoms with Gasteiger partial charge in [0.15, 0.2) is 0 Å². The van der Waals surface area contributed by atoms with E-state index in [0.29, 0.717) is 18.1 Å². The highest BCUT2D eigenvalue weighted by Crippen LogP contribution is 2.34. The molecule has 2 aliphatic heterocycles. The molecule has 0 saturated carbocycles. The third kappa shape index (κ3) is 2.46. The summed E-state index contributed by atoms with van der Waals surface area (Å²) in [5.41, 5.74) is 2.28. The zero-order valence-corrected chi connectivity index (χ0v) is 12.9. The summed E-state index contributed by atoms with van der Waals surface area (Å²) >= 11 is 6.10. The van der Waals surface area contributed by atoms with Crippen molar-refractivity contribution in [2.45, 2.75) is 12.5 Å². The quantitative estimate of drug-likeness (QED) is 0.733. The number of rotatable bonds is 0. The van der Waals surface area contributed by atoms with Crippen LogP contribution in [0, 0.1) is 0 Å². The van der Waals surface area contributed by atoms with Gasteiger partial charge in [-0.3, -0.25) is 4.79 Å². The van der Waals surface area contributed by atoms with Gasteiger partial charge in [0.05, 0.1) is 6.04 Å². The van der Waals surface area contributed by atoms with Gasteiger partial charge >= 0.3 is 6.03 Å². The Morgan fingerprint density at radius 3 is 2.86 bits per heavy atom. The molecule has 21 heavy (non-hydrogen) atoms. The standard InChI is InChI=1S/C15H18ClN3O2/c1-17(2)15(21)18-8-13-12-7-11(16)4-3-10(12)5-6-19(13)14(20)9-18/h3-4,7,13H,5-6,8-9H2,1-2H3. The Bertz CT molecular complexity index is 603. The second-order valence-corrected chi connectivity index (χ2v) is 6.19. The monoisotopic (exact) mass is 307 g/mol. The van der Waals surface area contributed by atoms with Gasteiger partial charge in [0.25, 0.3) is 0 Å². The molecule has 2 aliphatic rings. The number of urea groups is 1. The largest absolute Gasteiger partial charge is 0.332 e. The van der Waals surface area contributed by atoms with Gasteiger partial charge in [0.1, 0.15) is 6.54 Å². The summed E-state index contributed by atoms with van der Waals surface area (Å²) in [6, 6.07) is 5.61. The lowest BCUT2D eigenvalue weighted by Gasteiger charge is -2.45. The SMILES string of the molecule is CN(C)C(=O)N1CC(=O)N2CCc3ccc(Cl)cc3C2C1. The summed E-state index contributed by atoms with van der Waals surface area (Å²) in [5, 5.41) is 0.666. The van der Waals surface area contributed by atoms with E-state index in [1.54, 1.807) is 19.0 Å². The summed E-state index contributed by atoms with van der Waals surface area (Å²) in [5.74, 6) is 0.00655. The topological polar surface area (TPSA) is 43.9 Å². The maximum Gasteiger partial charge on any atom is 0.320 e. The molecule has 1 unspecified atom stereocenters. The van der Waals surface area contributed by atoms with Crippen molar-refractivity contribution >= 4 is 23.5 Å². The molecule has 1 atom stereocenters. The number of hydrogen-bond donors (Lipinski definition) is 0. The fraction of sp³-hybridized carbons (Fsp3) is 0.467. The third-order valence-electron chi connectivity index (χ3n) is 4.16. The van der Waals surface area contributed by atoms with Crippen molar-refractivity contribution in [3.8, 4) is 0 Å². The fourth-order valence-corrected chi connectivity index (χ4v) is 3.30. The van der Waals surface area contributed by atoms with E-state index in [1.807, 2.05) is 23.1 Å². The number of carbonyl (C=O) groups is 2. The van der Waals surface area contributed by atoms with Crippen LogP contribution >= 0.6 is 11.6 Å². The van der Waals surface area contributed by atoms with E-state index < -0.39 is 0 Å². The van der Waals surface area contributed by atoms with Crippen molar-refractivity contribution in [1.29, 1.82) is 0 Å². The summed E-state index contributed by atoms with van der Waals surface area (Å²) in [7, 11) is 3.40. The molecule has 5 nitrogen and oxygen atoms in total. The molecule has 0 aliphatic carbocycles. The van der Waals surface area contributed by atoms with E-state index in [4.69, 9.17) is 11.6 Å². The van der Waals surface area contributed by atoms with Crippen LogP contribution in [0.25, 0.3) is 0 Å². The highest BCUT2D eigenvalue weighted by Gasteiger charge is 2.38. The molecule has 2 heterocycles. The summed E-state index contributed by atoms with van der Waals surface area (Å²) in [4.78, 5) is 29.5. The zero-order chi connectivity index (χ0) is 15.1. The second-order valence-electron chi connectivity index (χ2n) is 5.75. The van der Waals surface area contributed by atoms with Crippen molar-refractivity contribution < 1.29 is 9.59 Å². The molecule has 1 aromatic carbocycles. The fourth-order valence-electron chi connectivity index (χ4n) is 3.12. The smallest absolute Gasteiger partial charge is 0.320 e. The van der Waals surface area contributed by atoms with E-state index in [1.165, 1.54) is 10.5 Å². The second kappa shape index (κ2) is 5.22. The van der Waals surface area contributed by atoms with E-state index in [9.17, 15) is 9.59 Å². The zero-order valence-electron chi connectivity index (χ0n) is 12.2. The van der Waals surface area contributed by atoms with E-state index >= 15 is 0 Å². The number of halogens is 1. The molecule has 3 rings (SSSR count). The number of piperazine rings is 1. The Morgan fingerprint density at radius 2 is 2.14 bits per heavy atom. The van der Waals surface area contributed by atoms with E-state index in [-0.39, 0.29) is 24.5 Å². The van der Waals surface area contributed by atoms with Gasteiger partial charge in [0.2, 0.25) is 5.91 Å². The summed E-state index contributed by atoms with van der Waals surface area (Å²) in [6.45, 7) is 1.39. The van der Waals surface area contributed by atoms with E-state index in [0.717, 1.165) is 12.0 Å². The van der Waals surface area contributed by atoms with Gasteiger partial charge in [-0.1, -0.05) is 17.7 Å². The average molecular weight is 308 g/mol. The lowest BCUT2D eigenvalue weighted by molar-refractivity contribution is -0.139. The first-order valence-electron chi connectivity index (χ1n) is 7.01. The lowest BCUT2D eigenvalue weighted by Crippen LogP contribution is -2.57. The molecule has 1 fully saturated rings. The third-order valence-corrected chi connectivity index (χ3v) is 4.39. The number of benzene rings is 1. The lowest BCUT2D eigenvalue weighted by atomic mass is 9.91. The summed E-state index contributed by atoms with van der Waals surface area (Å²) < 4.78 is 0. The Hall–Kier alpha value is -1.75. The first-order valence-corrected chi connectivity index (χ1v) is 7.39. The normalized spacial score (nSPS) is 20.9. The molecule has 0 aromatic heterocycles. The Morgan fingerprint density at radius 1 is 1.38 bits per heavy atom. The van der Waals surface area contributed by atoms with Gasteiger partial charge < -0.3 is 14.7 Å². The minimum absolute atomic E-state index is 0.00655. The molecular formula is C15H18ClN3O2. The van der Waals surface area contributed by atoms with Crippen LogP contribution in [0.15, 0.2) is 18.2 Å². The van der Waals surface area contributed by atoms with Crippen LogP contribution in [-0.4, -0.2) is 60.4 Å². The van der Waals surface area contributed by atoms with Crippen LogP contribution < -0.4 is 0 Å². The Balaban J connectivity index is 1.94. The van der Waals surface area contributed by atoms with Crippen LogP contribution in [0.3, 0.4) is 0 Å². The molecule has 0 radical (unpaired) electrons. The highest BCUT2D eigenvalue weighted by atomic mass is 35.5. The molecule has 0 bridgehead atoms. The van der Waals surface area contributed by atoms with Crippen molar-refractivity contribution in [2.24, 2.45) is 0 Å². The van der Waals surface area contributed by atoms with Crippen LogP contribution in [0.4, 0.5) is 4.79 Å². The first kappa shape index (κ1) is 14.2. The number of amides is 3. The maximum absolute atomic E-state index is 12.3. The van der Waals surface area contributed by atoms with Crippen LogP contribution in [0.1, 0.15) is 17.2 Å². The molecule has 1 saturated heterocycles. The van der Waals surface area contributed by atoms with Gasteiger partial charge in [0, 0.05) is 32.2 Å². The Kier molecular flexibility index (Phi) is 3.53. The minimum atomic E-state index is -0.128. The molecular weight excluding hydrogens is 290 g/mol. The molecule has 112 valence electrons. The van der Waals surface area contributed by atoms with Crippen molar-refractivity contribution in [1.82, 2.24) is 14.7 Å². The molecule has 0 N–H and O–H groups in total.